The average Bonchev–Trinajstić information content (AvgIpc) is 3.85. The van der Waals surface area contributed by atoms with Crippen molar-refractivity contribution in [2.45, 2.75) is 0 Å². The molecule has 0 aliphatic rings. The number of rotatable bonds is 2. The number of oxazole rings is 1. The Kier molecular flexibility index (Phi) is 4.69. The van der Waals surface area contributed by atoms with Gasteiger partial charge in [-0.15, -0.1) is 11.3 Å². The summed E-state index contributed by atoms with van der Waals surface area (Å²) >= 11 is 1.80. The number of aromatic nitrogens is 3. The van der Waals surface area contributed by atoms with E-state index in [0.29, 0.717) is 6.01 Å². The van der Waals surface area contributed by atoms with Gasteiger partial charge >= 0.3 is 6.01 Å². The van der Waals surface area contributed by atoms with Crippen molar-refractivity contribution in [2.75, 3.05) is 0 Å². The summed E-state index contributed by atoms with van der Waals surface area (Å²) in [6, 6.07) is 50.6. The molecule has 0 atom stereocenters. The molecular weight excluding hydrogens is 583 g/mol. The SMILES string of the molecule is c1ccc2cc3c(cc2c1)c1ccc(-n2c4ccccc4c4ccccc42)cc1n3-c1nc2c(ccc3sc4ccccc4c32)o1. The lowest BCUT2D eigenvalue weighted by Crippen LogP contribution is -1.97. The minimum atomic E-state index is 0.576. The predicted molar refractivity (Wildman–Crippen MR) is 193 cm³/mol. The Bertz CT molecular complexity index is 2990. The second kappa shape index (κ2) is 8.84. The molecule has 4 aromatic heterocycles. The molecule has 0 aliphatic heterocycles. The minimum Gasteiger partial charge on any atom is -0.423 e. The molecule has 7 aromatic carbocycles. The van der Waals surface area contributed by atoms with Gasteiger partial charge in [0.15, 0.2) is 5.58 Å². The van der Waals surface area contributed by atoms with Crippen molar-refractivity contribution in [1.29, 1.82) is 0 Å². The Labute approximate surface area is 265 Å². The van der Waals surface area contributed by atoms with Gasteiger partial charge in [-0.05, 0) is 65.4 Å². The van der Waals surface area contributed by atoms with Crippen molar-refractivity contribution >= 4 is 97.0 Å². The van der Waals surface area contributed by atoms with E-state index in [1.165, 1.54) is 58.1 Å². The van der Waals surface area contributed by atoms with Crippen LogP contribution in [0.3, 0.4) is 0 Å². The van der Waals surface area contributed by atoms with Crippen LogP contribution in [-0.4, -0.2) is 14.1 Å². The van der Waals surface area contributed by atoms with Crippen LogP contribution < -0.4 is 0 Å². The fraction of sp³-hybridized carbons (Fsp3) is 0. The lowest BCUT2D eigenvalue weighted by Gasteiger charge is -2.09. The summed E-state index contributed by atoms with van der Waals surface area (Å²) in [7, 11) is 0. The Morgan fingerprint density at radius 3 is 1.93 bits per heavy atom. The molecule has 4 nitrogen and oxygen atoms in total. The van der Waals surface area contributed by atoms with E-state index in [4.69, 9.17) is 9.40 Å². The maximum absolute atomic E-state index is 6.69. The van der Waals surface area contributed by atoms with Gasteiger partial charge in [-0.1, -0.05) is 84.9 Å². The zero-order chi connectivity index (χ0) is 29.9. The summed E-state index contributed by atoms with van der Waals surface area (Å²) in [5.41, 5.74) is 7.30. The van der Waals surface area contributed by atoms with Crippen LogP contribution in [0.2, 0.25) is 0 Å². The number of fused-ring (bicyclic) bond motifs is 12. The van der Waals surface area contributed by atoms with E-state index < -0.39 is 0 Å². The molecule has 5 heteroatoms. The monoisotopic (exact) mass is 605 g/mol. The minimum absolute atomic E-state index is 0.576. The fourth-order valence-electron chi connectivity index (χ4n) is 7.52. The van der Waals surface area contributed by atoms with Gasteiger partial charge in [-0.3, -0.25) is 4.57 Å². The molecule has 4 heterocycles. The first-order valence-electron chi connectivity index (χ1n) is 15.5. The molecule has 0 unspecified atom stereocenters. The second-order valence-electron chi connectivity index (χ2n) is 12.0. The summed E-state index contributed by atoms with van der Waals surface area (Å²) < 4.78 is 13.8. The maximum atomic E-state index is 6.69. The molecule has 0 spiro atoms. The van der Waals surface area contributed by atoms with E-state index in [0.717, 1.165) is 33.2 Å². The van der Waals surface area contributed by atoms with Gasteiger partial charge < -0.3 is 8.98 Å². The number of thiophene rings is 1. The summed E-state index contributed by atoms with van der Waals surface area (Å²) in [6.45, 7) is 0. The third kappa shape index (κ3) is 3.19. The number of benzene rings is 7. The van der Waals surface area contributed by atoms with Crippen LogP contribution in [0.4, 0.5) is 0 Å². The summed E-state index contributed by atoms with van der Waals surface area (Å²) in [5, 5.41) is 9.61. The van der Waals surface area contributed by atoms with Gasteiger partial charge in [-0.25, -0.2) is 0 Å². The highest BCUT2D eigenvalue weighted by Gasteiger charge is 2.21. The summed E-state index contributed by atoms with van der Waals surface area (Å²) in [6.07, 6.45) is 0. The highest BCUT2D eigenvalue weighted by atomic mass is 32.1. The molecule has 11 aromatic rings. The van der Waals surface area contributed by atoms with E-state index in [1.807, 2.05) is 0 Å². The van der Waals surface area contributed by atoms with E-state index in [1.54, 1.807) is 11.3 Å². The zero-order valence-electron chi connectivity index (χ0n) is 24.4. The van der Waals surface area contributed by atoms with Gasteiger partial charge in [0.05, 0.1) is 22.1 Å². The first kappa shape index (κ1) is 24.4. The van der Waals surface area contributed by atoms with E-state index in [9.17, 15) is 0 Å². The van der Waals surface area contributed by atoms with Gasteiger partial charge in [-0.2, -0.15) is 4.98 Å². The molecular formula is C41H23N3OS. The van der Waals surface area contributed by atoms with Crippen molar-refractivity contribution < 1.29 is 4.42 Å². The van der Waals surface area contributed by atoms with Gasteiger partial charge in [0.2, 0.25) is 0 Å². The van der Waals surface area contributed by atoms with Crippen LogP contribution in [0, 0.1) is 0 Å². The summed E-state index contributed by atoms with van der Waals surface area (Å²) in [5.74, 6) is 0. The van der Waals surface area contributed by atoms with E-state index in [2.05, 4.69) is 149 Å². The smallest absolute Gasteiger partial charge is 0.307 e. The van der Waals surface area contributed by atoms with Gasteiger partial charge in [0.1, 0.15) is 5.52 Å². The lowest BCUT2D eigenvalue weighted by atomic mass is 10.1. The normalized spacial score (nSPS) is 12.3. The van der Waals surface area contributed by atoms with Gasteiger partial charge in [0, 0.05) is 47.4 Å². The zero-order valence-corrected chi connectivity index (χ0v) is 25.3. The van der Waals surface area contributed by atoms with Crippen LogP contribution in [0.25, 0.3) is 97.4 Å². The van der Waals surface area contributed by atoms with Gasteiger partial charge in [0.25, 0.3) is 0 Å². The van der Waals surface area contributed by atoms with Crippen molar-refractivity contribution in [1.82, 2.24) is 14.1 Å². The Balaban J connectivity index is 1.27. The standard InChI is InChI=1S/C41H23N3OS/c1-2-10-25-22-34-31(21-24(25)9-1)29-18-17-26(43-32-14-6-3-11-27(32)28-12-4-7-15-33(28)43)23-35(29)44(34)41-42-40-36(45-41)19-20-38-39(40)30-13-5-8-16-37(30)46-38/h1-23H. The van der Waals surface area contributed by atoms with E-state index in [-0.39, 0.29) is 0 Å². The highest BCUT2D eigenvalue weighted by molar-refractivity contribution is 7.26. The molecule has 214 valence electrons. The fourth-order valence-corrected chi connectivity index (χ4v) is 8.63. The molecule has 0 bridgehead atoms. The lowest BCUT2D eigenvalue weighted by molar-refractivity contribution is 0.574. The number of hydrogen-bond donors (Lipinski definition) is 0. The number of hydrogen-bond acceptors (Lipinski definition) is 3. The number of para-hydroxylation sites is 2. The summed E-state index contributed by atoms with van der Waals surface area (Å²) in [4.78, 5) is 5.27. The second-order valence-corrected chi connectivity index (χ2v) is 13.1. The molecule has 0 amide bonds. The van der Waals surface area contributed by atoms with E-state index >= 15 is 0 Å². The predicted octanol–water partition coefficient (Wildman–Crippen LogP) is 11.5. The van der Waals surface area contributed by atoms with Crippen molar-refractivity contribution in [3.8, 4) is 11.7 Å². The molecule has 0 saturated carbocycles. The van der Waals surface area contributed by atoms with Crippen LogP contribution >= 0.6 is 11.3 Å². The molecule has 0 N–H and O–H groups in total. The molecule has 11 rings (SSSR count). The molecule has 0 aliphatic carbocycles. The van der Waals surface area contributed by atoms with Crippen LogP contribution in [0.5, 0.6) is 0 Å². The third-order valence-corrected chi connectivity index (χ3v) is 10.7. The quantitative estimate of drug-likeness (QED) is 0.196. The largest absolute Gasteiger partial charge is 0.423 e. The van der Waals surface area contributed by atoms with Crippen molar-refractivity contribution in [3.63, 3.8) is 0 Å². The Hall–Kier alpha value is -5.91. The average molecular weight is 606 g/mol. The number of nitrogens with zero attached hydrogens (tertiary/aromatic N) is 3. The first-order chi connectivity index (χ1) is 22.8. The van der Waals surface area contributed by atoms with Crippen LogP contribution in [0.15, 0.2) is 144 Å². The van der Waals surface area contributed by atoms with Crippen LogP contribution in [-0.2, 0) is 0 Å². The molecule has 46 heavy (non-hydrogen) atoms. The van der Waals surface area contributed by atoms with Crippen molar-refractivity contribution in [3.05, 3.63) is 140 Å². The molecule has 0 fully saturated rings. The topological polar surface area (TPSA) is 35.9 Å². The van der Waals surface area contributed by atoms with Crippen LogP contribution in [0.1, 0.15) is 0 Å². The maximum Gasteiger partial charge on any atom is 0.307 e. The third-order valence-electron chi connectivity index (χ3n) is 9.53. The molecule has 0 saturated heterocycles. The Morgan fingerprint density at radius 1 is 0.478 bits per heavy atom. The first-order valence-corrected chi connectivity index (χ1v) is 16.3. The Morgan fingerprint density at radius 2 is 1.13 bits per heavy atom. The van der Waals surface area contributed by atoms with Crippen molar-refractivity contribution in [2.24, 2.45) is 0 Å². The molecule has 0 radical (unpaired) electrons. The highest BCUT2D eigenvalue weighted by Crippen LogP contribution is 2.41.